The third-order valence-corrected chi connectivity index (χ3v) is 4.96. The lowest BCUT2D eigenvalue weighted by Gasteiger charge is -2.27. The lowest BCUT2D eigenvalue weighted by atomic mass is 10.2. The molecule has 0 aliphatic heterocycles. The molecule has 0 fully saturated rings. The third kappa shape index (κ3) is 4.05. The van der Waals surface area contributed by atoms with Crippen LogP contribution in [0.4, 0.5) is 10.1 Å². The molecule has 0 saturated heterocycles. The van der Waals surface area contributed by atoms with Crippen LogP contribution in [0.5, 0.6) is 0 Å². The van der Waals surface area contributed by atoms with Crippen LogP contribution < -0.4 is 9.62 Å². The summed E-state index contributed by atoms with van der Waals surface area (Å²) in [7, 11) is -1.72. The van der Waals surface area contributed by atoms with Crippen molar-refractivity contribution in [2.24, 2.45) is 0 Å². The Morgan fingerprint density at radius 3 is 2.27 bits per heavy atom. The summed E-state index contributed by atoms with van der Waals surface area (Å²) in [4.78, 5) is 2.05. The van der Waals surface area contributed by atoms with Crippen molar-refractivity contribution in [2.75, 3.05) is 18.5 Å². The zero-order valence-corrected chi connectivity index (χ0v) is 13.3. The largest absolute Gasteiger partial charge is 0.371 e. The van der Waals surface area contributed by atoms with E-state index in [4.69, 9.17) is 0 Å². The normalized spacial score (nSPS) is 12.9. The van der Waals surface area contributed by atoms with Gasteiger partial charge in [-0.25, -0.2) is 17.5 Å². The van der Waals surface area contributed by atoms with E-state index >= 15 is 0 Å². The molecule has 2 rings (SSSR count). The Labute approximate surface area is 130 Å². The minimum Gasteiger partial charge on any atom is -0.371 e. The number of nitrogens with zero attached hydrogens (tertiary/aromatic N) is 1. The molecule has 4 nitrogen and oxygen atoms in total. The molecule has 22 heavy (non-hydrogen) atoms. The second-order valence-electron chi connectivity index (χ2n) is 5.10. The van der Waals surface area contributed by atoms with Gasteiger partial charge in [-0.2, -0.15) is 0 Å². The van der Waals surface area contributed by atoms with Gasteiger partial charge in [0.05, 0.1) is 4.90 Å². The van der Waals surface area contributed by atoms with Crippen molar-refractivity contribution < 1.29 is 12.8 Å². The molecule has 0 radical (unpaired) electrons. The number of sulfonamides is 1. The van der Waals surface area contributed by atoms with Gasteiger partial charge in [0.25, 0.3) is 0 Å². The topological polar surface area (TPSA) is 49.4 Å². The highest BCUT2D eigenvalue weighted by Crippen LogP contribution is 2.14. The first-order valence-electron chi connectivity index (χ1n) is 6.93. The zero-order chi connectivity index (χ0) is 16.2. The van der Waals surface area contributed by atoms with Gasteiger partial charge in [-0.1, -0.05) is 18.2 Å². The first-order chi connectivity index (χ1) is 10.4. The molecule has 0 aliphatic carbocycles. The molecular weight excluding hydrogens is 303 g/mol. The van der Waals surface area contributed by atoms with Crippen molar-refractivity contribution >= 4 is 15.7 Å². The Morgan fingerprint density at radius 1 is 1.09 bits per heavy atom. The highest BCUT2D eigenvalue weighted by Gasteiger charge is 2.17. The van der Waals surface area contributed by atoms with Gasteiger partial charge in [-0.15, -0.1) is 0 Å². The summed E-state index contributed by atoms with van der Waals surface area (Å²) >= 11 is 0. The van der Waals surface area contributed by atoms with Crippen molar-refractivity contribution in [3.63, 3.8) is 0 Å². The molecule has 1 unspecified atom stereocenters. The van der Waals surface area contributed by atoms with Crippen molar-refractivity contribution in [1.82, 2.24) is 4.72 Å². The second kappa shape index (κ2) is 6.89. The number of halogens is 1. The SMILES string of the molecule is CC(CNS(=O)(=O)c1ccc(F)cc1)N(C)c1ccccc1. The molecule has 1 atom stereocenters. The predicted octanol–water partition coefficient (Wildman–Crippen LogP) is 2.63. The molecule has 1 N–H and O–H groups in total. The summed E-state index contributed by atoms with van der Waals surface area (Å²) in [6.07, 6.45) is 0. The van der Waals surface area contributed by atoms with E-state index in [0.717, 1.165) is 17.8 Å². The van der Waals surface area contributed by atoms with Gasteiger partial charge < -0.3 is 4.90 Å². The Hall–Kier alpha value is -1.92. The van der Waals surface area contributed by atoms with Gasteiger partial charge in [-0.3, -0.25) is 0 Å². The van der Waals surface area contributed by atoms with Crippen LogP contribution in [0.25, 0.3) is 0 Å². The highest BCUT2D eigenvalue weighted by molar-refractivity contribution is 7.89. The molecular formula is C16H19FN2O2S. The number of para-hydroxylation sites is 1. The van der Waals surface area contributed by atoms with Crippen molar-refractivity contribution in [3.8, 4) is 0 Å². The first kappa shape index (κ1) is 16.5. The van der Waals surface area contributed by atoms with Crippen LogP contribution in [0.3, 0.4) is 0 Å². The van der Waals surface area contributed by atoms with E-state index in [2.05, 4.69) is 4.72 Å². The number of benzene rings is 2. The van der Waals surface area contributed by atoms with E-state index in [0.29, 0.717) is 0 Å². The Balaban J connectivity index is 2.01. The number of hydrogen-bond acceptors (Lipinski definition) is 3. The molecule has 0 bridgehead atoms. The molecule has 2 aromatic rings. The van der Waals surface area contributed by atoms with Crippen LogP contribution in [-0.4, -0.2) is 28.1 Å². The summed E-state index contributed by atoms with van der Waals surface area (Å²) in [5.41, 5.74) is 1.01. The maximum atomic E-state index is 12.9. The maximum Gasteiger partial charge on any atom is 0.240 e. The fourth-order valence-corrected chi connectivity index (χ4v) is 3.10. The summed E-state index contributed by atoms with van der Waals surface area (Å²) in [5, 5.41) is 0. The average Bonchev–Trinajstić information content (AvgIpc) is 2.53. The standard InChI is InChI=1S/C16H19FN2O2S/c1-13(19(2)15-6-4-3-5-7-15)12-18-22(20,21)16-10-8-14(17)9-11-16/h3-11,13,18H,12H2,1-2H3. The Bertz CT molecular complexity index is 703. The van der Waals surface area contributed by atoms with Crippen LogP contribution in [0.15, 0.2) is 59.5 Å². The van der Waals surface area contributed by atoms with Gasteiger partial charge in [0.1, 0.15) is 5.82 Å². The maximum absolute atomic E-state index is 12.9. The Morgan fingerprint density at radius 2 is 1.68 bits per heavy atom. The fraction of sp³-hybridized carbons (Fsp3) is 0.250. The van der Waals surface area contributed by atoms with E-state index in [9.17, 15) is 12.8 Å². The summed E-state index contributed by atoms with van der Waals surface area (Å²) in [5.74, 6) is -0.462. The highest BCUT2D eigenvalue weighted by atomic mass is 32.2. The van der Waals surface area contributed by atoms with Gasteiger partial charge in [-0.05, 0) is 43.3 Å². The molecule has 0 aromatic heterocycles. The molecule has 2 aromatic carbocycles. The van der Waals surface area contributed by atoms with Gasteiger partial charge in [0.2, 0.25) is 10.0 Å². The minimum atomic E-state index is -3.63. The number of rotatable bonds is 6. The van der Waals surface area contributed by atoms with E-state index in [1.165, 1.54) is 12.1 Å². The van der Waals surface area contributed by atoms with E-state index in [1.54, 1.807) is 0 Å². The number of likely N-dealkylation sites (N-methyl/N-ethyl adjacent to an activating group) is 1. The average molecular weight is 322 g/mol. The summed E-state index contributed by atoms with van der Waals surface area (Å²) < 4.78 is 39.7. The summed E-state index contributed by atoms with van der Waals surface area (Å²) in [6.45, 7) is 2.19. The molecule has 118 valence electrons. The fourth-order valence-electron chi connectivity index (χ4n) is 1.98. The molecule has 0 saturated carbocycles. The molecule has 6 heteroatoms. The molecule has 0 amide bonds. The minimum absolute atomic E-state index is 0.0300. The van der Waals surface area contributed by atoms with E-state index in [-0.39, 0.29) is 17.5 Å². The Kier molecular flexibility index (Phi) is 5.15. The smallest absolute Gasteiger partial charge is 0.240 e. The quantitative estimate of drug-likeness (QED) is 0.889. The van der Waals surface area contributed by atoms with Crippen molar-refractivity contribution in [1.29, 1.82) is 0 Å². The van der Waals surface area contributed by atoms with Crippen LogP contribution in [0.1, 0.15) is 6.92 Å². The van der Waals surface area contributed by atoms with Crippen LogP contribution in [0, 0.1) is 5.82 Å². The molecule has 0 spiro atoms. The van der Waals surface area contributed by atoms with Crippen LogP contribution in [0.2, 0.25) is 0 Å². The molecule has 0 aliphatic rings. The predicted molar refractivity (Wildman–Crippen MR) is 85.9 cm³/mol. The van der Waals surface area contributed by atoms with Gasteiger partial charge >= 0.3 is 0 Å². The van der Waals surface area contributed by atoms with Gasteiger partial charge in [0.15, 0.2) is 0 Å². The van der Waals surface area contributed by atoms with E-state index < -0.39 is 15.8 Å². The van der Waals surface area contributed by atoms with Gasteiger partial charge in [0, 0.05) is 25.3 Å². The number of hydrogen-bond donors (Lipinski definition) is 1. The zero-order valence-electron chi connectivity index (χ0n) is 12.5. The third-order valence-electron chi connectivity index (χ3n) is 3.52. The molecule has 0 heterocycles. The summed E-state index contributed by atoms with van der Waals surface area (Å²) in [6, 6.07) is 14.5. The van der Waals surface area contributed by atoms with Crippen molar-refractivity contribution in [3.05, 3.63) is 60.4 Å². The second-order valence-corrected chi connectivity index (χ2v) is 6.87. The van der Waals surface area contributed by atoms with E-state index in [1.807, 2.05) is 49.2 Å². The number of anilines is 1. The van der Waals surface area contributed by atoms with Crippen molar-refractivity contribution in [2.45, 2.75) is 17.9 Å². The number of nitrogens with one attached hydrogen (secondary N) is 1. The van der Waals surface area contributed by atoms with Crippen LogP contribution in [-0.2, 0) is 10.0 Å². The monoisotopic (exact) mass is 322 g/mol. The van der Waals surface area contributed by atoms with Crippen LogP contribution >= 0.6 is 0 Å². The lowest BCUT2D eigenvalue weighted by Crippen LogP contribution is -2.40. The first-order valence-corrected chi connectivity index (χ1v) is 8.41. The lowest BCUT2D eigenvalue weighted by molar-refractivity contribution is 0.569.